The van der Waals surface area contributed by atoms with Gasteiger partial charge in [0.15, 0.2) is 5.12 Å². The summed E-state index contributed by atoms with van der Waals surface area (Å²) in [5.41, 5.74) is 0. The van der Waals surface area contributed by atoms with Gasteiger partial charge in [0.05, 0.1) is 12.2 Å². The van der Waals surface area contributed by atoms with Gasteiger partial charge in [-0.1, -0.05) is 117 Å². The first-order chi connectivity index (χ1) is 15.2. The van der Waals surface area contributed by atoms with Gasteiger partial charge in [-0.05, 0) is 18.3 Å². The topological polar surface area (TPSA) is 98.0 Å². The third kappa shape index (κ3) is 15.7. The molecule has 0 heterocycles. The Morgan fingerprint density at radius 1 is 0.625 bits per heavy atom. The molecule has 5 nitrogen and oxygen atoms in total. The van der Waals surface area contributed by atoms with Crippen LogP contribution in [0.3, 0.4) is 0 Å². The molecule has 0 fully saturated rings. The van der Waals surface area contributed by atoms with Crippen LogP contribution in [0.5, 0.6) is 0 Å². The van der Waals surface area contributed by atoms with Gasteiger partial charge < -0.3 is 20.4 Å². The molecule has 0 aliphatic heterocycles. The van der Waals surface area contributed by atoms with Crippen molar-refractivity contribution in [2.45, 2.75) is 142 Å². The summed E-state index contributed by atoms with van der Waals surface area (Å²) in [4.78, 5) is 12.1. The summed E-state index contributed by atoms with van der Waals surface area (Å²) in [5, 5.41) is 40.4. The molecule has 4 N–H and O–H groups in total. The van der Waals surface area contributed by atoms with E-state index in [4.69, 9.17) is 0 Å². The highest BCUT2D eigenvalue weighted by atomic mass is 32.2. The lowest BCUT2D eigenvalue weighted by molar-refractivity contribution is -0.124. The fourth-order valence-corrected chi connectivity index (χ4v) is 4.75. The van der Waals surface area contributed by atoms with E-state index in [0.717, 1.165) is 12.8 Å². The van der Waals surface area contributed by atoms with Gasteiger partial charge in [0.1, 0.15) is 12.2 Å². The summed E-state index contributed by atoms with van der Waals surface area (Å²) in [6, 6.07) is 0. The number of hydrogen-bond donors (Lipinski definition) is 4. The van der Waals surface area contributed by atoms with Gasteiger partial charge in [0.2, 0.25) is 0 Å². The number of carbonyl (C=O) groups excluding carboxylic acids is 1. The maximum Gasteiger partial charge on any atom is 0.188 e. The van der Waals surface area contributed by atoms with Crippen molar-refractivity contribution in [1.29, 1.82) is 0 Å². The molecule has 32 heavy (non-hydrogen) atoms. The highest BCUT2D eigenvalue weighted by Gasteiger charge is 2.34. The van der Waals surface area contributed by atoms with E-state index in [0.29, 0.717) is 12.2 Å². The van der Waals surface area contributed by atoms with E-state index in [1.807, 2.05) is 0 Å². The molecule has 0 aromatic carbocycles. The van der Waals surface area contributed by atoms with Gasteiger partial charge in [-0.15, -0.1) is 0 Å². The van der Waals surface area contributed by atoms with Crippen LogP contribution in [0.15, 0.2) is 0 Å². The fraction of sp³-hybridized carbons (Fsp3) is 0.962. The van der Waals surface area contributed by atoms with Crippen LogP contribution >= 0.6 is 11.8 Å². The predicted molar refractivity (Wildman–Crippen MR) is 136 cm³/mol. The Hall–Kier alpha value is -0.140. The summed E-state index contributed by atoms with van der Waals surface area (Å²) in [6.45, 7) is 7.47. The van der Waals surface area contributed by atoms with Gasteiger partial charge >= 0.3 is 0 Å². The second-order valence-electron chi connectivity index (χ2n) is 9.86. The summed E-state index contributed by atoms with van der Waals surface area (Å²) in [7, 11) is 0. The fourth-order valence-electron chi connectivity index (χ4n) is 3.82. The summed E-state index contributed by atoms with van der Waals surface area (Å²) in [5.74, 6) is -0.196. The van der Waals surface area contributed by atoms with Gasteiger partial charge in [-0.2, -0.15) is 0 Å². The number of aliphatic hydroxyl groups excluding tert-OH is 4. The molecule has 0 bridgehead atoms. The minimum atomic E-state index is -1.43. The number of carbonyl (C=O) groups is 1. The van der Waals surface area contributed by atoms with Crippen LogP contribution in [0.25, 0.3) is 0 Å². The lowest BCUT2D eigenvalue weighted by Crippen LogP contribution is -2.48. The van der Waals surface area contributed by atoms with Gasteiger partial charge in [0.25, 0.3) is 0 Å². The van der Waals surface area contributed by atoms with E-state index in [1.165, 1.54) is 82.4 Å². The quantitative estimate of drug-likeness (QED) is 0.164. The van der Waals surface area contributed by atoms with E-state index in [-0.39, 0.29) is 17.0 Å². The Morgan fingerprint density at radius 2 is 1.03 bits per heavy atom. The van der Waals surface area contributed by atoms with E-state index < -0.39 is 24.4 Å². The third-order valence-electron chi connectivity index (χ3n) is 6.31. The number of unbranched alkanes of at least 4 members (excludes halogenated alkanes) is 12. The number of hydrogen-bond acceptors (Lipinski definition) is 6. The van der Waals surface area contributed by atoms with Crippen LogP contribution in [0.2, 0.25) is 0 Å². The van der Waals surface area contributed by atoms with Crippen molar-refractivity contribution in [1.82, 2.24) is 0 Å². The molecule has 0 spiro atoms. The van der Waals surface area contributed by atoms with E-state index in [9.17, 15) is 25.2 Å². The van der Waals surface area contributed by atoms with Crippen molar-refractivity contribution in [3.8, 4) is 0 Å². The van der Waals surface area contributed by atoms with Crippen molar-refractivity contribution >= 4 is 16.9 Å². The van der Waals surface area contributed by atoms with Crippen molar-refractivity contribution in [3.63, 3.8) is 0 Å². The SMILES string of the molecule is CCCCCCCCCCCCCCCC(=O)SCC(C)[C@@H](O)[C@@H](O)C(O)[C@@H](O)C(C)C. The molecule has 2 unspecified atom stereocenters. The maximum atomic E-state index is 12.1. The third-order valence-corrected chi connectivity index (χ3v) is 7.53. The molecular formula is C26H52O5S. The highest BCUT2D eigenvalue weighted by molar-refractivity contribution is 8.13. The Balaban J connectivity index is 3.72. The summed E-state index contributed by atoms with van der Waals surface area (Å²) < 4.78 is 0. The van der Waals surface area contributed by atoms with Crippen LogP contribution < -0.4 is 0 Å². The Morgan fingerprint density at radius 3 is 1.47 bits per heavy atom. The van der Waals surface area contributed by atoms with E-state index in [1.54, 1.807) is 20.8 Å². The molecule has 5 atom stereocenters. The molecule has 0 radical (unpaired) electrons. The Kier molecular flexibility index (Phi) is 20.2. The minimum absolute atomic E-state index is 0.115. The first-order valence-corrected chi connectivity index (χ1v) is 14.1. The van der Waals surface area contributed by atoms with Crippen LogP contribution in [-0.2, 0) is 4.79 Å². The highest BCUT2D eigenvalue weighted by Crippen LogP contribution is 2.21. The lowest BCUT2D eigenvalue weighted by Gasteiger charge is -2.31. The average Bonchev–Trinajstić information content (AvgIpc) is 2.78. The van der Waals surface area contributed by atoms with Crippen molar-refractivity contribution in [2.75, 3.05) is 5.75 Å². The zero-order chi connectivity index (χ0) is 24.4. The molecule has 0 aromatic heterocycles. The standard InChI is InChI=1S/C26H52O5S/c1-5-6-7-8-9-10-11-12-13-14-15-16-17-18-22(27)32-19-21(4)24(29)26(31)25(30)23(28)20(2)3/h20-21,23-26,28-31H,5-19H2,1-4H3/t21?,23-,24+,25?,26+/m0/s1. The van der Waals surface area contributed by atoms with E-state index in [2.05, 4.69) is 6.92 Å². The number of thioether (sulfide) groups is 1. The van der Waals surface area contributed by atoms with Gasteiger partial charge in [-0.3, -0.25) is 4.79 Å². The Labute approximate surface area is 201 Å². The van der Waals surface area contributed by atoms with Crippen LogP contribution in [-0.4, -0.2) is 55.7 Å². The molecular weight excluding hydrogens is 424 g/mol. The average molecular weight is 477 g/mol. The molecule has 0 saturated carbocycles. The first kappa shape index (κ1) is 31.9. The van der Waals surface area contributed by atoms with Gasteiger partial charge in [0, 0.05) is 12.2 Å². The van der Waals surface area contributed by atoms with Gasteiger partial charge in [-0.25, -0.2) is 0 Å². The molecule has 0 amide bonds. The normalized spacial score (nSPS) is 16.7. The first-order valence-electron chi connectivity index (χ1n) is 13.1. The second kappa shape index (κ2) is 20.3. The molecule has 0 saturated heterocycles. The Bertz CT molecular complexity index is 446. The number of rotatable bonds is 21. The smallest absolute Gasteiger partial charge is 0.188 e. The van der Waals surface area contributed by atoms with Crippen molar-refractivity contribution in [2.24, 2.45) is 11.8 Å². The maximum absolute atomic E-state index is 12.1. The molecule has 0 aliphatic rings. The van der Waals surface area contributed by atoms with Crippen LogP contribution in [0.1, 0.15) is 118 Å². The minimum Gasteiger partial charge on any atom is -0.390 e. The largest absolute Gasteiger partial charge is 0.390 e. The molecule has 0 rings (SSSR count). The zero-order valence-corrected chi connectivity index (χ0v) is 22.0. The molecule has 0 aliphatic carbocycles. The summed E-state index contributed by atoms with van der Waals surface area (Å²) in [6.07, 6.45) is 12.1. The summed E-state index contributed by atoms with van der Waals surface area (Å²) >= 11 is 1.19. The second-order valence-corrected chi connectivity index (χ2v) is 10.9. The van der Waals surface area contributed by atoms with Crippen molar-refractivity contribution in [3.05, 3.63) is 0 Å². The van der Waals surface area contributed by atoms with Crippen LogP contribution in [0, 0.1) is 11.8 Å². The number of aliphatic hydroxyl groups is 4. The predicted octanol–water partition coefficient (Wildman–Crippen LogP) is 5.46. The lowest BCUT2D eigenvalue weighted by atomic mass is 9.91. The van der Waals surface area contributed by atoms with E-state index >= 15 is 0 Å². The van der Waals surface area contributed by atoms with Crippen molar-refractivity contribution < 1.29 is 25.2 Å². The molecule has 6 heteroatoms. The zero-order valence-electron chi connectivity index (χ0n) is 21.2. The molecule has 0 aromatic rings. The van der Waals surface area contributed by atoms with Crippen LogP contribution in [0.4, 0.5) is 0 Å². The molecule has 192 valence electrons. The monoisotopic (exact) mass is 476 g/mol.